The Bertz CT molecular complexity index is 2400. The summed E-state index contributed by atoms with van der Waals surface area (Å²) in [6, 6.07) is 62.2. The minimum absolute atomic E-state index is 0. The normalized spacial score (nSPS) is 13.7. The molecule has 3 heteroatoms. The summed E-state index contributed by atoms with van der Waals surface area (Å²) in [6.07, 6.45) is 1.87. The first kappa shape index (κ1) is 29.2. The summed E-state index contributed by atoms with van der Waals surface area (Å²) in [4.78, 5) is 4.66. The molecular weight excluding hydrogens is 775 g/mol. The zero-order chi connectivity index (χ0) is 31.0. The van der Waals surface area contributed by atoms with Gasteiger partial charge in [0.1, 0.15) is 8.07 Å². The minimum Gasteiger partial charge on any atom is -0.305 e. The molecule has 1 spiro atoms. The largest absolute Gasteiger partial charge is 0.305 e. The molecule has 0 saturated carbocycles. The van der Waals surface area contributed by atoms with Gasteiger partial charge in [-0.15, -0.1) is 34.9 Å². The van der Waals surface area contributed by atoms with Crippen LogP contribution in [0.5, 0.6) is 0 Å². The van der Waals surface area contributed by atoms with Crippen LogP contribution < -0.4 is 10.4 Å². The monoisotopic (exact) mass is 805 g/mol. The first-order valence-corrected chi connectivity index (χ1v) is 18.9. The smallest absolute Gasteiger partial charge is 0.118 e. The molecular formula is C45H30IrNSi-. The van der Waals surface area contributed by atoms with E-state index in [0.717, 1.165) is 23.3 Å². The Morgan fingerprint density at radius 3 is 1.67 bits per heavy atom. The Hall–Kier alpha value is -4.92. The van der Waals surface area contributed by atoms with Crippen LogP contribution in [-0.4, -0.2) is 13.1 Å². The quantitative estimate of drug-likeness (QED) is 0.128. The van der Waals surface area contributed by atoms with Crippen molar-refractivity contribution in [2.75, 3.05) is 0 Å². The van der Waals surface area contributed by atoms with Crippen LogP contribution in [0, 0.1) is 6.07 Å². The molecule has 0 amide bonds. The van der Waals surface area contributed by atoms with Gasteiger partial charge in [0.05, 0.1) is 0 Å². The Morgan fingerprint density at radius 1 is 0.500 bits per heavy atom. The molecule has 1 radical (unpaired) electrons. The minimum atomic E-state index is -2.24. The molecule has 10 rings (SSSR count). The van der Waals surface area contributed by atoms with Gasteiger partial charge in [0.15, 0.2) is 0 Å². The van der Waals surface area contributed by atoms with Gasteiger partial charge >= 0.3 is 0 Å². The molecule has 0 saturated heterocycles. The van der Waals surface area contributed by atoms with Crippen molar-refractivity contribution in [1.29, 1.82) is 0 Å². The fraction of sp³-hybridized carbons (Fsp3) is 0.0444. The second kappa shape index (κ2) is 11.4. The number of rotatable bonds is 3. The summed E-state index contributed by atoms with van der Waals surface area (Å²) in [7, 11) is -2.24. The van der Waals surface area contributed by atoms with E-state index in [2.05, 4.69) is 157 Å². The van der Waals surface area contributed by atoms with Crippen molar-refractivity contribution in [3.63, 3.8) is 0 Å². The molecule has 2 aliphatic heterocycles. The number of benzene rings is 7. The second-order valence-electron chi connectivity index (χ2n) is 13.1. The van der Waals surface area contributed by atoms with E-state index in [-0.39, 0.29) is 20.1 Å². The van der Waals surface area contributed by atoms with Crippen molar-refractivity contribution in [2.24, 2.45) is 0 Å². The Morgan fingerprint density at radius 2 is 1.06 bits per heavy atom. The molecule has 48 heavy (non-hydrogen) atoms. The Balaban J connectivity index is 0.00000314. The van der Waals surface area contributed by atoms with E-state index in [1.165, 1.54) is 66.1 Å². The molecule has 8 aromatic rings. The molecule has 1 nitrogen and oxygen atoms in total. The molecule has 7 aromatic carbocycles. The van der Waals surface area contributed by atoms with Crippen LogP contribution in [0.2, 0.25) is 0 Å². The summed E-state index contributed by atoms with van der Waals surface area (Å²) in [5.41, 5.74) is 13.1. The number of aromatic nitrogens is 1. The molecule has 0 bridgehead atoms. The fourth-order valence-electron chi connectivity index (χ4n) is 8.44. The van der Waals surface area contributed by atoms with Crippen molar-refractivity contribution in [3.05, 3.63) is 175 Å². The Kier molecular flexibility index (Phi) is 6.91. The van der Waals surface area contributed by atoms with Crippen molar-refractivity contribution in [3.8, 4) is 44.6 Å². The predicted octanol–water partition coefficient (Wildman–Crippen LogP) is 9.61. The summed E-state index contributed by atoms with van der Waals surface area (Å²) < 4.78 is 0. The summed E-state index contributed by atoms with van der Waals surface area (Å²) >= 11 is 0. The van der Waals surface area contributed by atoms with Crippen LogP contribution in [0.4, 0.5) is 0 Å². The second-order valence-corrected chi connectivity index (χ2v) is 17.1. The molecule has 229 valence electrons. The standard InChI is InChI=1S/C45H30NSi.Ir/c1-3-13-37-30(9-1)11-7-15-39(37)32-20-22-41-42-23-21-33(40-16-8-12-31-10-2-4-14-38(31)40)27-45(42)47(44(41)26-32)28-35-19-18-34(25-36(35)29-47)43-17-5-6-24-46-43;/h1-17,19-27H,28-29H2;/q-1;. The van der Waals surface area contributed by atoms with Crippen LogP contribution in [0.1, 0.15) is 11.1 Å². The van der Waals surface area contributed by atoms with E-state index in [1.54, 1.807) is 10.4 Å². The van der Waals surface area contributed by atoms with Gasteiger partial charge in [-0.1, -0.05) is 140 Å². The molecule has 1 aromatic heterocycles. The average molecular weight is 805 g/mol. The van der Waals surface area contributed by atoms with Gasteiger partial charge in [0.25, 0.3) is 0 Å². The molecule has 3 heterocycles. The van der Waals surface area contributed by atoms with E-state index >= 15 is 0 Å². The third kappa shape index (κ3) is 4.43. The molecule has 0 unspecified atom stereocenters. The number of hydrogen-bond donors (Lipinski definition) is 0. The zero-order valence-corrected chi connectivity index (χ0v) is 29.6. The van der Waals surface area contributed by atoms with Crippen molar-refractivity contribution in [2.45, 2.75) is 12.1 Å². The average Bonchev–Trinajstić information content (AvgIpc) is 3.65. The first-order valence-electron chi connectivity index (χ1n) is 16.5. The summed E-state index contributed by atoms with van der Waals surface area (Å²) in [5.74, 6) is 0. The van der Waals surface area contributed by atoms with Crippen LogP contribution >= 0.6 is 0 Å². The zero-order valence-electron chi connectivity index (χ0n) is 26.2. The SMILES string of the molecule is [Ir].[c-]1cc2c(cc1-c1ccccn1)C[Si]1(C2)c2cc(-c3cccc4ccccc34)ccc2-c2ccc(-c3cccc4ccccc34)cc21. The molecule has 0 N–H and O–H groups in total. The first-order chi connectivity index (χ1) is 23.2. The molecule has 0 aliphatic carbocycles. The van der Waals surface area contributed by atoms with Crippen LogP contribution in [-0.2, 0) is 32.2 Å². The van der Waals surface area contributed by atoms with Crippen molar-refractivity contribution < 1.29 is 20.1 Å². The van der Waals surface area contributed by atoms with Crippen LogP contribution in [0.3, 0.4) is 0 Å². The van der Waals surface area contributed by atoms with Gasteiger partial charge in [-0.2, -0.15) is 0 Å². The topological polar surface area (TPSA) is 12.9 Å². The third-order valence-corrected chi connectivity index (χ3v) is 15.5. The number of nitrogens with zero attached hydrogens (tertiary/aromatic N) is 1. The number of hydrogen-bond acceptors (Lipinski definition) is 1. The van der Waals surface area contributed by atoms with Gasteiger partial charge in [0, 0.05) is 26.3 Å². The number of fused-ring (bicyclic) bond motifs is 8. The van der Waals surface area contributed by atoms with Gasteiger partial charge in [-0.3, -0.25) is 0 Å². The third-order valence-electron chi connectivity index (χ3n) is 10.6. The Labute approximate surface area is 295 Å². The van der Waals surface area contributed by atoms with E-state index in [1.807, 2.05) is 12.3 Å². The van der Waals surface area contributed by atoms with Gasteiger partial charge in [0.2, 0.25) is 0 Å². The van der Waals surface area contributed by atoms with Gasteiger partial charge < -0.3 is 4.98 Å². The maximum atomic E-state index is 4.66. The number of pyridine rings is 1. The van der Waals surface area contributed by atoms with E-state index in [4.69, 9.17) is 0 Å². The molecule has 2 aliphatic rings. The summed E-state index contributed by atoms with van der Waals surface area (Å²) in [6.45, 7) is 0. The maximum absolute atomic E-state index is 4.66. The predicted molar refractivity (Wildman–Crippen MR) is 199 cm³/mol. The summed E-state index contributed by atoms with van der Waals surface area (Å²) in [5, 5.41) is 8.33. The van der Waals surface area contributed by atoms with Gasteiger partial charge in [-0.25, -0.2) is 0 Å². The van der Waals surface area contributed by atoms with Crippen LogP contribution in [0.15, 0.2) is 158 Å². The maximum Gasteiger partial charge on any atom is 0.118 e. The van der Waals surface area contributed by atoms with Crippen molar-refractivity contribution >= 4 is 40.0 Å². The van der Waals surface area contributed by atoms with E-state index in [0.29, 0.717) is 0 Å². The van der Waals surface area contributed by atoms with E-state index in [9.17, 15) is 0 Å². The molecule has 0 fully saturated rings. The fourth-order valence-corrected chi connectivity index (χ4v) is 13.9. The molecule has 0 atom stereocenters. The van der Waals surface area contributed by atoms with Gasteiger partial charge in [-0.05, 0) is 83.1 Å². The van der Waals surface area contributed by atoms with E-state index < -0.39 is 8.07 Å². The van der Waals surface area contributed by atoms with Crippen LogP contribution in [0.25, 0.3) is 66.2 Å². The van der Waals surface area contributed by atoms with Crippen molar-refractivity contribution in [1.82, 2.24) is 4.98 Å².